The Hall–Kier alpha value is -0.820. The number of aliphatic hydroxyl groups excluding tert-OH is 1. The molecule has 0 spiro atoms. The monoisotopic (exact) mass is 347 g/mol. The Labute approximate surface area is 122 Å². The summed E-state index contributed by atoms with van der Waals surface area (Å²) in [7, 11) is 0. The highest BCUT2D eigenvalue weighted by molar-refractivity contribution is 9.11. The third-order valence-electron chi connectivity index (χ3n) is 2.62. The number of hydrogen-bond acceptors (Lipinski definition) is 3. The first-order chi connectivity index (χ1) is 9.08. The minimum absolute atomic E-state index is 0.0886. The van der Waals surface area contributed by atoms with Crippen LogP contribution in [0, 0.1) is 11.6 Å². The fourth-order valence-corrected chi connectivity index (χ4v) is 2.93. The lowest BCUT2D eigenvalue weighted by molar-refractivity contribution is 0.164. The van der Waals surface area contributed by atoms with Crippen LogP contribution in [0.2, 0.25) is 0 Å². The quantitative estimate of drug-likeness (QED) is 0.865. The zero-order chi connectivity index (χ0) is 13.8. The standard InChI is InChI=1S/C13H12BrF2NOS/c14-12-4-8(7-19-12)5-17-6-11(18)13-9(15)2-1-3-10(13)16/h1-4,7,11,17-18H,5-6H2. The first kappa shape index (κ1) is 14.6. The van der Waals surface area contributed by atoms with E-state index in [0.29, 0.717) is 6.54 Å². The van der Waals surface area contributed by atoms with Crippen molar-refractivity contribution in [2.75, 3.05) is 6.54 Å². The summed E-state index contributed by atoms with van der Waals surface area (Å²) in [4.78, 5) is 0. The van der Waals surface area contributed by atoms with Crippen molar-refractivity contribution in [2.45, 2.75) is 12.6 Å². The maximum absolute atomic E-state index is 13.4. The van der Waals surface area contributed by atoms with Crippen molar-refractivity contribution in [3.8, 4) is 0 Å². The number of nitrogens with one attached hydrogen (secondary N) is 1. The van der Waals surface area contributed by atoms with Gasteiger partial charge < -0.3 is 10.4 Å². The molecule has 0 fully saturated rings. The van der Waals surface area contributed by atoms with E-state index in [1.807, 2.05) is 11.4 Å². The largest absolute Gasteiger partial charge is 0.387 e. The van der Waals surface area contributed by atoms with Crippen LogP contribution in [0.5, 0.6) is 0 Å². The van der Waals surface area contributed by atoms with Gasteiger partial charge in [0.2, 0.25) is 0 Å². The molecule has 2 aromatic rings. The Morgan fingerprint density at radius 1 is 1.32 bits per heavy atom. The van der Waals surface area contributed by atoms with Crippen molar-refractivity contribution in [1.82, 2.24) is 5.32 Å². The summed E-state index contributed by atoms with van der Waals surface area (Å²) in [5.74, 6) is -1.46. The van der Waals surface area contributed by atoms with E-state index in [-0.39, 0.29) is 12.1 Å². The van der Waals surface area contributed by atoms with Gasteiger partial charge in [-0.2, -0.15) is 0 Å². The molecule has 0 bridgehead atoms. The van der Waals surface area contributed by atoms with Crippen LogP contribution >= 0.6 is 27.3 Å². The molecule has 2 nitrogen and oxygen atoms in total. The smallest absolute Gasteiger partial charge is 0.131 e. The van der Waals surface area contributed by atoms with Gasteiger partial charge in [0.05, 0.1) is 15.5 Å². The van der Waals surface area contributed by atoms with Gasteiger partial charge in [0.1, 0.15) is 11.6 Å². The predicted octanol–water partition coefficient (Wildman–Crippen LogP) is 3.61. The van der Waals surface area contributed by atoms with E-state index in [0.717, 1.165) is 21.5 Å². The molecule has 0 aliphatic heterocycles. The molecule has 0 aliphatic carbocycles. The normalized spacial score (nSPS) is 12.6. The van der Waals surface area contributed by atoms with Gasteiger partial charge in [-0.3, -0.25) is 0 Å². The lowest BCUT2D eigenvalue weighted by atomic mass is 10.1. The molecule has 1 aromatic carbocycles. The van der Waals surface area contributed by atoms with Crippen molar-refractivity contribution < 1.29 is 13.9 Å². The summed E-state index contributed by atoms with van der Waals surface area (Å²) in [6, 6.07) is 5.50. The third-order valence-corrected chi connectivity index (χ3v) is 4.17. The van der Waals surface area contributed by atoms with Crippen LogP contribution in [0.4, 0.5) is 8.78 Å². The number of thiophene rings is 1. The lowest BCUT2D eigenvalue weighted by Crippen LogP contribution is -2.22. The number of halogens is 3. The molecule has 1 unspecified atom stereocenters. The minimum Gasteiger partial charge on any atom is -0.387 e. The fraction of sp³-hybridized carbons (Fsp3) is 0.231. The molecule has 6 heteroatoms. The second-order valence-electron chi connectivity index (χ2n) is 4.04. The van der Waals surface area contributed by atoms with Crippen molar-refractivity contribution in [3.63, 3.8) is 0 Å². The zero-order valence-electron chi connectivity index (χ0n) is 9.87. The van der Waals surface area contributed by atoms with Gasteiger partial charge in [-0.1, -0.05) is 6.07 Å². The average molecular weight is 348 g/mol. The second kappa shape index (κ2) is 6.56. The lowest BCUT2D eigenvalue weighted by Gasteiger charge is -2.13. The van der Waals surface area contributed by atoms with E-state index in [4.69, 9.17) is 0 Å². The number of aliphatic hydroxyl groups is 1. The molecular formula is C13H12BrF2NOS. The van der Waals surface area contributed by atoms with Gasteiger partial charge in [-0.05, 0) is 45.1 Å². The van der Waals surface area contributed by atoms with Gasteiger partial charge >= 0.3 is 0 Å². The summed E-state index contributed by atoms with van der Waals surface area (Å²) in [5.41, 5.74) is 0.763. The highest BCUT2D eigenvalue weighted by atomic mass is 79.9. The molecule has 2 N–H and O–H groups in total. The van der Waals surface area contributed by atoms with E-state index in [2.05, 4.69) is 21.2 Å². The first-order valence-corrected chi connectivity index (χ1v) is 7.31. The Bertz CT molecular complexity index is 541. The molecule has 1 heterocycles. The Morgan fingerprint density at radius 3 is 2.58 bits per heavy atom. The number of hydrogen-bond donors (Lipinski definition) is 2. The van der Waals surface area contributed by atoms with E-state index in [1.54, 1.807) is 11.3 Å². The van der Waals surface area contributed by atoms with E-state index < -0.39 is 17.7 Å². The van der Waals surface area contributed by atoms with Gasteiger partial charge in [-0.15, -0.1) is 11.3 Å². The van der Waals surface area contributed by atoms with Crippen LogP contribution in [-0.2, 0) is 6.54 Å². The van der Waals surface area contributed by atoms with E-state index in [1.165, 1.54) is 6.07 Å². The second-order valence-corrected chi connectivity index (χ2v) is 6.33. The van der Waals surface area contributed by atoms with Gasteiger partial charge in [0.25, 0.3) is 0 Å². The molecule has 0 amide bonds. The SMILES string of the molecule is OC(CNCc1csc(Br)c1)c1c(F)cccc1F. The number of benzene rings is 1. The molecular weight excluding hydrogens is 336 g/mol. The zero-order valence-corrected chi connectivity index (χ0v) is 12.3. The predicted molar refractivity (Wildman–Crippen MR) is 75.0 cm³/mol. The summed E-state index contributed by atoms with van der Waals surface area (Å²) < 4.78 is 27.9. The Morgan fingerprint density at radius 2 is 2.00 bits per heavy atom. The molecule has 0 aliphatic rings. The van der Waals surface area contributed by atoms with Crippen molar-refractivity contribution in [1.29, 1.82) is 0 Å². The summed E-state index contributed by atoms with van der Waals surface area (Å²) in [6.07, 6.45) is -1.21. The molecule has 1 aromatic heterocycles. The average Bonchev–Trinajstić information content (AvgIpc) is 2.75. The van der Waals surface area contributed by atoms with Crippen LogP contribution in [0.1, 0.15) is 17.2 Å². The minimum atomic E-state index is -1.21. The van der Waals surface area contributed by atoms with Gasteiger partial charge in [0.15, 0.2) is 0 Å². The van der Waals surface area contributed by atoms with E-state index in [9.17, 15) is 13.9 Å². The molecule has 0 radical (unpaired) electrons. The van der Waals surface area contributed by atoms with Crippen molar-refractivity contribution >= 4 is 27.3 Å². The summed E-state index contributed by atoms with van der Waals surface area (Å²) >= 11 is 4.91. The van der Waals surface area contributed by atoms with Crippen LogP contribution in [0.15, 0.2) is 33.4 Å². The molecule has 2 rings (SSSR count). The van der Waals surface area contributed by atoms with Crippen LogP contribution in [-0.4, -0.2) is 11.7 Å². The molecule has 0 saturated heterocycles. The van der Waals surface area contributed by atoms with Crippen LogP contribution in [0.25, 0.3) is 0 Å². The maximum Gasteiger partial charge on any atom is 0.131 e. The Balaban J connectivity index is 1.92. The first-order valence-electron chi connectivity index (χ1n) is 5.63. The van der Waals surface area contributed by atoms with Crippen LogP contribution in [0.3, 0.4) is 0 Å². The third kappa shape index (κ3) is 3.82. The summed E-state index contributed by atoms with van der Waals surface area (Å²) in [6.45, 7) is 0.626. The van der Waals surface area contributed by atoms with E-state index >= 15 is 0 Å². The molecule has 0 saturated carbocycles. The molecule has 102 valence electrons. The van der Waals surface area contributed by atoms with Crippen molar-refractivity contribution in [2.24, 2.45) is 0 Å². The van der Waals surface area contributed by atoms with Gasteiger partial charge in [-0.25, -0.2) is 8.78 Å². The van der Waals surface area contributed by atoms with Crippen LogP contribution < -0.4 is 5.32 Å². The topological polar surface area (TPSA) is 32.3 Å². The van der Waals surface area contributed by atoms with Gasteiger partial charge in [0, 0.05) is 13.1 Å². The Kier molecular flexibility index (Phi) is 5.04. The maximum atomic E-state index is 13.4. The van der Waals surface area contributed by atoms with Crippen molar-refractivity contribution in [3.05, 3.63) is 56.2 Å². The number of rotatable bonds is 5. The summed E-state index contributed by atoms with van der Waals surface area (Å²) in [5, 5.41) is 14.8. The fourth-order valence-electron chi connectivity index (χ4n) is 1.72. The highest BCUT2D eigenvalue weighted by Crippen LogP contribution is 2.22. The molecule has 1 atom stereocenters. The highest BCUT2D eigenvalue weighted by Gasteiger charge is 2.17. The molecule has 19 heavy (non-hydrogen) atoms.